The van der Waals surface area contributed by atoms with E-state index in [1.807, 2.05) is 18.2 Å². The van der Waals surface area contributed by atoms with Crippen LogP contribution in [0, 0.1) is 0 Å². The number of methoxy groups -OCH3 is 2. The van der Waals surface area contributed by atoms with Crippen molar-refractivity contribution < 1.29 is 13.9 Å². The Bertz CT molecular complexity index is 536. The Kier molecular flexibility index (Phi) is 5.59. The van der Waals surface area contributed by atoms with Gasteiger partial charge in [-0.05, 0) is 6.07 Å². The van der Waals surface area contributed by atoms with E-state index in [9.17, 15) is 0 Å². The molecule has 2 rings (SSSR count). The maximum absolute atomic E-state index is 5.88. The second-order valence-corrected chi connectivity index (χ2v) is 4.80. The lowest BCUT2D eigenvalue weighted by Gasteiger charge is -2.15. The van der Waals surface area contributed by atoms with Gasteiger partial charge in [0.1, 0.15) is 11.3 Å². The Morgan fingerprint density at radius 3 is 2.75 bits per heavy atom. The van der Waals surface area contributed by atoms with Crippen LogP contribution in [0.4, 0.5) is 0 Å². The summed E-state index contributed by atoms with van der Waals surface area (Å²) >= 11 is 0. The second-order valence-electron chi connectivity index (χ2n) is 4.80. The highest BCUT2D eigenvalue weighted by Gasteiger charge is 2.13. The van der Waals surface area contributed by atoms with Gasteiger partial charge in [-0.25, -0.2) is 0 Å². The molecular formula is C16H23NO3. The van der Waals surface area contributed by atoms with Gasteiger partial charge in [-0.2, -0.15) is 0 Å². The number of furan rings is 1. The van der Waals surface area contributed by atoms with E-state index in [4.69, 9.17) is 13.9 Å². The molecule has 2 aromatic rings. The summed E-state index contributed by atoms with van der Waals surface area (Å²) in [5, 5.41) is 4.62. The second kappa shape index (κ2) is 7.43. The van der Waals surface area contributed by atoms with E-state index in [1.54, 1.807) is 14.2 Å². The van der Waals surface area contributed by atoms with Crippen molar-refractivity contribution in [1.82, 2.24) is 5.32 Å². The molecule has 1 heterocycles. The zero-order chi connectivity index (χ0) is 14.4. The zero-order valence-electron chi connectivity index (χ0n) is 12.4. The van der Waals surface area contributed by atoms with Gasteiger partial charge in [-0.1, -0.05) is 25.1 Å². The van der Waals surface area contributed by atoms with Crippen molar-refractivity contribution in [2.24, 2.45) is 0 Å². The molecule has 4 heteroatoms. The number of ether oxygens (including phenoxy) is 2. The van der Waals surface area contributed by atoms with Crippen LogP contribution >= 0.6 is 0 Å². The predicted molar refractivity (Wildman–Crippen MR) is 80.0 cm³/mol. The summed E-state index contributed by atoms with van der Waals surface area (Å²) in [5.41, 5.74) is 2.21. The molecule has 0 radical (unpaired) electrons. The Morgan fingerprint density at radius 1 is 1.25 bits per heavy atom. The van der Waals surface area contributed by atoms with Crippen LogP contribution in [0.5, 0.6) is 0 Å². The first-order valence-corrected chi connectivity index (χ1v) is 7.01. The molecule has 0 aliphatic heterocycles. The fourth-order valence-corrected chi connectivity index (χ4v) is 2.38. The smallest absolute Gasteiger partial charge is 0.134 e. The Hall–Kier alpha value is -1.36. The minimum Gasteiger partial charge on any atom is -0.461 e. The van der Waals surface area contributed by atoms with Gasteiger partial charge in [0, 0.05) is 44.7 Å². The van der Waals surface area contributed by atoms with Gasteiger partial charge in [0.05, 0.1) is 12.7 Å². The number of para-hydroxylation sites is 1. The Labute approximate surface area is 120 Å². The molecule has 110 valence electrons. The van der Waals surface area contributed by atoms with E-state index in [0.717, 1.165) is 30.9 Å². The topological polar surface area (TPSA) is 43.6 Å². The average Bonchev–Trinajstić information content (AvgIpc) is 2.84. The third kappa shape index (κ3) is 3.39. The number of hydrogen-bond donors (Lipinski definition) is 1. The molecule has 0 aliphatic carbocycles. The maximum atomic E-state index is 5.88. The van der Waals surface area contributed by atoms with Crippen LogP contribution in [0.15, 0.2) is 28.7 Å². The normalized spacial score (nSPS) is 12.9. The summed E-state index contributed by atoms with van der Waals surface area (Å²) in [5.74, 6) is 1.06. The van der Waals surface area contributed by atoms with E-state index in [-0.39, 0.29) is 6.10 Å². The molecule has 0 fully saturated rings. The molecule has 0 spiro atoms. The van der Waals surface area contributed by atoms with Crippen molar-refractivity contribution in [1.29, 1.82) is 0 Å². The summed E-state index contributed by atoms with van der Waals surface area (Å²) in [4.78, 5) is 0. The van der Waals surface area contributed by atoms with Crippen molar-refractivity contribution in [3.8, 4) is 0 Å². The lowest BCUT2D eigenvalue weighted by molar-refractivity contribution is 0.0288. The molecule has 0 saturated carbocycles. The highest BCUT2D eigenvalue weighted by molar-refractivity contribution is 5.82. The molecule has 0 bridgehead atoms. The van der Waals surface area contributed by atoms with Crippen LogP contribution < -0.4 is 5.32 Å². The lowest BCUT2D eigenvalue weighted by atomic mass is 10.1. The van der Waals surface area contributed by atoms with Gasteiger partial charge in [-0.15, -0.1) is 0 Å². The molecule has 0 amide bonds. The van der Waals surface area contributed by atoms with Gasteiger partial charge in [-0.3, -0.25) is 0 Å². The van der Waals surface area contributed by atoms with Crippen molar-refractivity contribution in [3.63, 3.8) is 0 Å². The molecule has 1 aromatic heterocycles. The van der Waals surface area contributed by atoms with E-state index >= 15 is 0 Å². The van der Waals surface area contributed by atoms with Gasteiger partial charge in [0.15, 0.2) is 0 Å². The Balaban J connectivity index is 2.05. The highest BCUT2D eigenvalue weighted by Crippen LogP contribution is 2.26. The van der Waals surface area contributed by atoms with Crippen LogP contribution in [-0.2, 0) is 22.4 Å². The minimum absolute atomic E-state index is 0.0724. The number of aryl methyl sites for hydroxylation is 1. The van der Waals surface area contributed by atoms with Crippen LogP contribution in [0.2, 0.25) is 0 Å². The third-order valence-corrected chi connectivity index (χ3v) is 3.46. The molecular weight excluding hydrogens is 254 g/mol. The monoisotopic (exact) mass is 277 g/mol. The lowest BCUT2D eigenvalue weighted by Crippen LogP contribution is -2.31. The van der Waals surface area contributed by atoms with Gasteiger partial charge in [0.2, 0.25) is 0 Å². The van der Waals surface area contributed by atoms with E-state index in [2.05, 4.69) is 18.3 Å². The summed E-state index contributed by atoms with van der Waals surface area (Å²) in [7, 11) is 3.39. The first kappa shape index (κ1) is 15.0. The van der Waals surface area contributed by atoms with Crippen molar-refractivity contribution >= 4 is 11.0 Å². The van der Waals surface area contributed by atoms with Crippen molar-refractivity contribution in [2.45, 2.75) is 26.0 Å². The summed E-state index contributed by atoms with van der Waals surface area (Å²) in [6.45, 7) is 4.25. The summed E-state index contributed by atoms with van der Waals surface area (Å²) < 4.78 is 16.3. The summed E-state index contributed by atoms with van der Waals surface area (Å²) in [6.07, 6.45) is 0.973. The molecule has 1 aromatic carbocycles. The molecule has 1 N–H and O–H groups in total. The number of benzene rings is 1. The average molecular weight is 277 g/mol. The number of nitrogens with one attached hydrogen (secondary N) is 1. The fraction of sp³-hybridized carbons (Fsp3) is 0.500. The third-order valence-electron chi connectivity index (χ3n) is 3.46. The highest BCUT2D eigenvalue weighted by atomic mass is 16.5. The molecule has 1 unspecified atom stereocenters. The number of fused-ring (bicyclic) bond motifs is 1. The van der Waals surface area contributed by atoms with Crippen LogP contribution in [0.1, 0.15) is 18.2 Å². The summed E-state index contributed by atoms with van der Waals surface area (Å²) in [6, 6.07) is 8.17. The largest absolute Gasteiger partial charge is 0.461 e. The van der Waals surface area contributed by atoms with Crippen molar-refractivity contribution in [2.75, 3.05) is 27.4 Å². The maximum Gasteiger partial charge on any atom is 0.134 e. The van der Waals surface area contributed by atoms with Gasteiger partial charge >= 0.3 is 0 Å². The first-order valence-electron chi connectivity index (χ1n) is 7.01. The van der Waals surface area contributed by atoms with E-state index in [1.165, 1.54) is 10.9 Å². The van der Waals surface area contributed by atoms with Gasteiger partial charge in [0.25, 0.3) is 0 Å². The fourth-order valence-electron chi connectivity index (χ4n) is 2.38. The minimum atomic E-state index is 0.0724. The Morgan fingerprint density at radius 2 is 2.05 bits per heavy atom. The zero-order valence-corrected chi connectivity index (χ0v) is 12.4. The molecule has 4 nitrogen and oxygen atoms in total. The standard InChI is InChI=1S/C16H23NO3/c1-4-15-14(10-17-9-12(19-3)11-18-2)13-7-5-6-8-16(13)20-15/h5-8,12,17H,4,9-11H2,1-3H3. The molecule has 0 saturated heterocycles. The van der Waals surface area contributed by atoms with Crippen molar-refractivity contribution in [3.05, 3.63) is 35.6 Å². The van der Waals surface area contributed by atoms with E-state index in [0.29, 0.717) is 6.61 Å². The number of rotatable bonds is 8. The number of hydrogen-bond acceptors (Lipinski definition) is 4. The van der Waals surface area contributed by atoms with Gasteiger partial charge < -0.3 is 19.2 Å². The van der Waals surface area contributed by atoms with Crippen LogP contribution in [0.3, 0.4) is 0 Å². The van der Waals surface area contributed by atoms with Crippen LogP contribution in [-0.4, -0.2) is 33.5 Å². The van der Waals surface area contributed by atoms with Crippen LogP contribution in [0.25, 0.3) is 11.0 Å². The molecule has 1 atom stereocenters. The molecule has 0 aliphatic rings. The predicted octanol–water partition coefficient (Wildman–Crippen LogP) is 2.75. The first-order chi connectivity index (χ1) is 9.80. The quantitative estimate of drug-likeness (QED) is 0.805. The SMILES string of the molecule is CCc1oc2ccccc2c1CNCC(COC)OC. The van der Waals surface area contributed by atoms with E-state index < -0.39 is 0 Å². The molecule has 20 heavy (non-hydrogen) atoms.